The lowest BCUT2D eigenvalue weighted by atomic mass is 9.76. The third-order valence-electron chi connectivity index (χ3n) is 7.26. The van der Waals surface area contributed by atoms with Gasteiger partial charge in [0.2, 0.25) is 0 Å². The van der Waals surface area contributed by atoms with Gasteiger partial charge in [-0.3, -0.25) is 0 Å². The fourth-order valence-corrected chi connectivity index (χ4v) is 5.15. The molecular formula is C30H33F3O2. The van der Waals surface area contributed by atoms with Crippen molar-refractivity contribution in [2.75, 3.05) is 6.61 Å². The second-order valence-electron chi connectivity index (χ2n) is 9.57. The molecule has 186 valence electrons. The molecule has 1 atom stereocenters. The number of hydrogen-bond donors (Lipinski definition) is 1. The third kappa shape index (κ3) is 5.90. The maximum atomic E-state index is 15.1. The molecule has 0 heterocycles. The summed E-state index contributed by atoms with van der Waals surface area (Å²) < 4.78 is 49.7. The SMILES string of the molecule is CCOc1ccc(CCC2CCC(c3ccc(-c4ccc(C(C)O)cc4)c(F)c3F)CC2)c(F)c1. The molecule has 0 saturated heterocycles. The summed E-state index contributed by atoms with van der Waals surface area (Å²) in [7, 11) is 0. The smallest absolute Gasteiger partial charge is 0.166 e. The molecule has 1 aliphatic carbocycles. The Morgan fingerprint density at radius 3 is 2.26 bits per heavy atom. The van der Waals surface area contributed by atoms with Gasteiger partial charge in [-0.15, -0.1) is 0 Å². The van der Waals surface area contributed by atoms with Gasteiger partial charge in [-0.2, -0.15) is 0 Å². The van der Waals surface area contributed by atoms with Crippen LogP contribution in [-0.4, -0.2) is 11.7 Å². The van der Waals surface area contributed by atoms with E-state index < -0.39 is 17.7 Å². The van der Waals surface area contributed by atoms with E-state index in [1.165, 1.54) is 6.07 Å². The molecule has 3 aromatic carbocycles. The molecule has 35 heavy (non-hydrogen) atoms. The van der Waals surface area contributed by atoms with Gasteiger partial charge in [-0.25, -0.2) is 13.2 Å². The minimum absolute atomic E-state index is 0.00498. The van der Waals surface area contributed by atoms with Crippen molar-refractivity contribution in [3.8, 4) is 16.9 Å². The van der Waals surface area contributed by atoms with Crippen molar-refractivity contribution in [3.63, 3.8) is 0 Å². The first kappa shape index (κ1) is 25.3. The Kier molecular flexibility index (Phi) is 8.17. The van der Waals surface area contributed by atoms with Crippen molar-refractivity contribution < 1.29 is 23.0 Å². The summed E-state index contributed by atoms with van der Waals surface area (Å²) in [6.45, 7) is 4.04. The second-order valence-corrected chi connectivity index (χ2v) is 9.57. The highest BCUT2D eigenvalue weighted by molar-refractivity contribution is 5.65. The van der Waals surface area contributed by atoms with Crippen LogP contribution in [0, 0.1) is 23.4 Å². The Hall–Kier alpha value is -2.79. The molecule has 0 spiro atoms. The summed E-state index contributed by atoms with van der Waals surface area (Å²) in [5, 5.41) is 9.66. The van der Waals surface area contributed by atoms with Crippen LogP contribution in [0.25, 0.3) is 11.1 Å². The van der Waals surface area contributed by atoms with Crippen LogP contribution in [0.3, 0.4) is 0 Å². The van der Waals surface area contributed by atoms with Gasteiger partial charge in [-0.05, 0) is 92.5 Å². The zero-order valence-corrected chi connectivity index (χ0v) is 20.4. The quantitative estimate of drug-likeness (QED) is 0.351. The van der Waals surface area contributed by atoms with E-state index in [4.69, 9.17) is 4.74 Å². The molecule has 1 fully saturated rings. The monoisotopic (exact) mass is 482 g/mol. The lowest BCUT2D eigenvalue weighted by Gasteiger charge is -2.29. The highest BCUT2D eigenvalue weighted by Crippen LogP contribution is 2.40. The highest BCUT2D eigenvalue weighted by Gasteiger charge is 2.26. The standard InChI is InChI=1S/C30H33F3O2/c1-3-35-25-15-14-24(28(31)18-25)9-6-20-4-7-22(8-5-20)26-16-17-27(30(33)29(26)32)23-12-10-21(11-13-23)19(2)34/h10-20,22,34H,3-9H2,1-2H3. The van der Waals surface area contributed by atoms with Crippen molar-refractivity contribution in [1.82, 2.24) is 0 Å². The van der Waals surface area contributed by atoms with E-state index in [2.05, 4.69) is 0 Å². The Labute approximate surface area is 205 Å². The predicted octanol–water partition coefficient (Wildman–Crippen LogP) is 8.13. The molecule has 1 unspecified atom stereocenters. The highest BCUT2D eigenvalue weighted by atomic mass is 19.2. The lowest BCUT2D eigenvalue weighted by molar-refractivity contribution is 0.199. The second kappa shape index (κ2) is 11.3. The Morgan fingerprint density at radius 1 is 0.914 bits per heavy atom. The van der Waals surface area contributed by atoms with Crippen LogP contribution < -0.4 is 4.74 Å². The molecular weight excluding hydrogens is 449 g/mol. The first-order chi connectivity index (χ1) is 16.9. The van der Waals surface area contributed by atoms with Crippen molar-refractivity contribution >= 4 is 0 Å². The average molecular weight is 483 g/mol. The van der Waals surface area contributed by atoms with Crippen molar-refractivity contribution in [1.29, 1.82) is 0 Å². The van der Waals surface area contributed by atoms with Gasteiger partial charge >= 0.3 is 0 Å². The van der Waals surface area contributed by atoms with E-state index in [-0.39, 0.29) is 17.3 Å². The van der Waals surface area contributed by atoms with Crippen LogP contribution >= 0.6 is 0 Å². The summed E-state index contributed by atoms with van der Waals surface area (Å²) in [4.78, 5) is 0. The van der Waals surface area contributed by atoms with Crippen LogP contribution in [0.5, 0.6) is 5.75 Å². The van der Waals surface area contributed by atoms with E-state index in [1.54, 1.807) is 55.5 Å². The van der Waals surface area contributed by atoms with Gasteiger partial charge in [0.15, 0.2) is 11.6 Å². The molecule has 1 saturated carbocycles. The first-order valence-electron chi connectivity index (χ1n) is 12.5. The summed E-state index contributed by atoms with van der Waals surface area (Å²) in [6.07, 6.45) is 4.39. The van der Waals surface area contributed by atoms with E-state index in [1.807, 2.05) is 6.92 Å². The maximum absolute atomic E-state index is 15.1. The van der Waals surface area contributed by atoms with Crippen LogP contribution in [0.1, 0.15) is 74.7 Å². The van der Waals surface area contributed by atoms with E-state index in [0.29, 0.717) is 41.4 Å². The number of aryl methyl sites for hydroxylation is 1. The van der Waals surface area contributed by atoms with Crippen LogP contribution in [0.15, 0.2) is 54.6 Å². The molecule has 1 aliphatic rings. The van der Waals surface area contributed by atoms with Gasteiger partial charge in [-0.1, -0.05) is 42.5 Å². The van der Waals surface area contributed by atoms with Crippen LogP contribution in [-0.2, 0) is 6.42 Å². The number of benzene rings is 3. The molecule has 0 bridgehead atoms. The molecule has 0 radical (unpaired) electrons. The molecule has 2 nitrogen and oxygen atoms in total. The number of aliphatic hydroxyl groups excluding tert-OH is 1. The van der Waals surface area contributed by atoms with Gasteiger partial charge < -0.3 is 9.84 Å². The Bertz CT molecular complexity index is 1130. The van der Waals surface area contributed by atoms with Crippen molar-refractivity contribution in [3.05, 3.63) is 88.7 Å². The molecule has 1 N–H and O–H groups in total. The summed E-state index contributed by atoms with van der Waals surface area (Å²) in [5.74, 6) is -0.817. The molecule has 4 rings (SSSR count). The largest absolute Gasteiger partial charge is 0.494 e. The number of ether oxygens (including phenoxy) is 1. The van der Waals surface area contributed by atoms with Crippen LogP contribution in [0.2, 0.25) is 0 Å². The zero-order chi connectivity index (χ0) is 24.9. The fourth-order valence-electron chi connectivity index (χ4n) is 5.15. The Morgan fingerprint density at radius 2 is 1.63 bits per heavy atom. The maximum Gasteiger partial charge on any atom is 0.166 e. The molecule has 3 aromatic rings. The molecule has 0 amide bonds. The topological polar surface area (TPSA) is 29.5 Å². The average Bonchev–Trinajstić information content (AvgIpc) is 2.86. The number of rotatable bonds is 8. The fraction of sp³-hybridized carbons (Fsp3) is 0.400. The predicted molar refractivity (Wildman–Crippen MR) is 133 cm³/mol. The number of aliphatic hydroxyl groups is 1. The normalized spacial score (nSPS) is 18.9. The van der Waals surface area contributed by atoms with Gasteiger partial charge in [0.1, 0.15) is 11.6 Å². The summed E-state index contributed by atoms with van der Waals surface area (Å²) >= 11 is 0. The van der Waals surface area contributed by atoms with Gasteiger partial charge in [0, 0.05) is 11.6 Å². The lowest BCUT2D eigenvalue weighted by Crippen LogP contribution is -2.15. The zero-order valence-electron chi connectivity index (χ0n) is 20.4. The van der Waals surface area contributed by atoms with Crippen molar-refractivity contribution in [2.45, 2.75) is 64.4 Å². The summed E-state index contributed by atoms with van der Waals surface area (Å²) in [5.41, 5.74) is 2.69. The summed E-state index contributed by atoms with van der Waals surface area (Å²) in [6, 6.07) is 15.3. The molecule has 0 aromatic heterocycles. The minimum Gasteiger partial charge on any atom is -0.494 e. The molecule has 0 aliphatic heterocycles. The molecule has 5 heteroatoms. The van der Waals surface area contributed by atoms with Crippen molar-refractivity contribution in [2.24, 2.45) is 5.92 Å². The minimum atomic E-state index is -0.819. The van der Waals surface area contributed by atoms with E-state index in [9.17, 15) is 13.9 Å². The van der Waals surface area contributed by atoms with E-state index >= 15 is 4.39 Å². The number of halogens is 3. The Balaban J connectivity index is 1.36. The number of hydrogen-bond acceptors (Lipinski definition) is 2. The van der Waals surface area contributed by atoms with Gasteiger partial charge in [0.05, 0.1) is 12.7 Å². The first-order valence-corrected chi connectivity index (χ1v) is 12.5. The van der Waals surface area contributed by atoms with E-state index in [0.717, 1.165) is 37.7 Å². The van der Waals surface area contributed by atoms with Gasteiger partial charge in [0.25, 0.3) is 0 Å². The third-order valence-corrected chi connectivity index (χ3v) is 7.26. The van der Waals surface area contributed by atoms with Crippen LogP contribution in [0.4, 0.5) is 13.2 Å².